The molecule has 1 unspecified atom stereocenters. The number of hydrogen-bond donors (Lipinski definition) is 1. The number of carboxylic acid groups (broad SMARTS) is 1. The summed E-state index contributed by atoms with van der Waals surface area (Å²) in [7, 11) is 0. The molecule has 0 radical (unpaired) electrons. The van der Waals surface area contributed by atoms with Gasteiger partial charge in [-0.25, -0.2) is 9.80 Å². The Morgan fingerprint density at radius 1 is 1.40 bits per heavy atom. The maximum atomic E-state index is 11.6. The summed E-state index contributed by atoms with van der Waals surface area (Å²) < 4.78 is 10.0. The molecular formula is C11H19N3O6. The molecule has 1 fully saturated rings. The SMILES string of the molecule is CC(OC(=O)C(C)(C)C)On1on1N1CC[C@H]1C(=O)O. The lowest BCUT2D eigenvalue weighted by Crippen LogP contribution is -2.57. The van der Waals surface area contributed by atoms with Crippen LogP contribution in [0.25, 0.3) is 0 Å². The predicted molar refractivity (Wildman–Crippen MR) is 65.4 cm³/mol. The molecule has 2 rings (SSSR count). The van der Waals surface area contributed by atoms with Crippen molar-refractivity contribution in [3.05, 3.63) is 0 Å². The first-order chi connectivity index (χ1) is 9.20. The molecule has 1 N–H and O–H groups in total. The molecule has 9 heteroatoms. The van der Waals surface area contributed by atoms with E-state index in [4.69, 9.17) is 19.3 Å². The number of ether oxygens (including phenoxy) is 1. The summed E-state index contributed by atoms with van der Waals surface area (Å²) in [6, 6.07) is -0.615. The van der Waals surface area contributed by atoms with Crippen molar-refractivity contribution >= 4 is 11.9 Å². The largest absolute Gasteiger partial charge is 0.480 e. The summed E-state index contributed by atoms with van der Waals surface area (Å²) in [5.41, 5.74) is -0.622. The van der Waals surface area contributed by atoms with E-state index in [1.54, 1.807) is 27.7 Å². The predicted octanol–water partition coefficient (Wildman–Crippen LogP) is 0.0414. The van der Waals surface area contributed by atoms with Crippen molar-refractivity contribution in [3.8, 4) is 0 Å². The lowest BCUT2D eigenvalue weighted by atomic mass is 9.97. The van der Waals surface area contributed by atoms with Gasteiger partial charge in [0.05, 0.1) is 10.4 Å². The monoisotopic (exact) mass is 289 g/mol. The van der Waals surface area contributed by atoms with Gasteiger partial charge in [0.25, 0.3) is 6.29 Å². The van der Waals surface area contributed by atoms with Gasteiger partial charge in [-0.1, -0.05) is 0 Å². The molecule has 1 aromatic rings. The van der Waals surface area contributed by atoms with E-state index in [-0.39, 0.29) is 0 Å². The Hall–Kier alpha value is -2.06. The number of carboxylic acids is 1. The van der Waals surface area contributed by atoms with Crippen LogP contribution < -0.4 is 9.85 Å². The van der Waals surface area contributed by atoms with Crippen LogP contribution in [0.3, 0.4) is 0 Å². The van der Waals surface area contributed by atoms with Crippen LogP contribution in [0.15, 0.2) is 4.63 Å². The molecule has 0 spiro atoms. The van der Waals surface area contributed by atoms with E-state index in [1.165, 1.54) is 9.97 Å². The zero-order valence-corrected chi connectivity index (χ0v) is 11.9. The molecule has 9 nitrogen and oxygen atoms in total. The summed E-state index contributed by atoms with van der Waals surface area (Å²) in [6.45, 7) is 7.32. The molecule has 0 bridgehead atoms. The van der Waals surface area contributed by atoms with Crippen molar-refractivity contribution in [2.75, 3.05) is 11.6 Å². The van der Waals surface area contributed by atoms with Crippen molar-refractivity contribution in [2.24, 2.45) is 5.41 Å². The second-order valence-electron chi connectivity index (χ2n) is 5.71. The summed E-state index contributed by atoms with van der Waals surface area (Å²) in [6.07, 6.45) is -0.284. The molecule has 2 heterocycles. The fraction of sp³-hybridized carbons (Fsp3) is 0.818. The van der Waals surface area contributed by atoms with Gasteiger partial charge in [-0.2, -0.15) is 4.63 Å². The van der Waals surface area contributed by atoms with Crippen LogP contribution in [-0.2, 0) is 14.3 Å². The maximum absolute atomic E-state index is 11.6. The van der Waals surface area contributed by atoms with Gasteiger partial charge in [0.2, 0.25) is 0 Å². The molecule has 2 atom stereocenters. The maximum Gasteiger partial charge on any atom is 0.328 e. The summed E-state index contributed by atoms with van der Waals surface area (Å²) in [4.78, 5) is 28.9. The molecule has 20 heavy (non-hydrogen) atoms. The normalized spacial score (nSPS) is 20.4. The highest BCUT2D eigenvalue weighted by Gasteiger charge is 2.40. The van der Waals surface area contributed by atoms with E-state index in [9.17, 15) is 9.59 Å². The first kappa shape index (κ1) is 14.4. The van der Waals surface area contributed by atoms with Crippen molar-refractivity contribution in [2.45, 2.75) is 46.4 Å². The van der Waals surface area contributed by atoms with Crippen LogP contribution in [0.1, 0.15) is 34.1 Å². The number of carbonyl (C=O) groups excluding carboxylic acids is 1. The van der Waals surface area contributed by atoms with Crippen LogP contribution in [0.2, 0.25) is 0 Å². The minimum Gasteiger partial charge on any atom is -0.480 e. The lowest BCUT2D eigenvalue weighted by Gasteiger charge is -2.33. The Morgan fingerprint density at radius 2 is 2.05 bits per heavy atom. The van der Waals surface area contributed by atoms with E-state index >= 15 is 0 Å². The van der Waals surface area contributed by atoms with Gasteiger partial charge < -0.3 is 14.7 Å². The number of nitrogens with zero attached hydrogens (tertiary/aromatic N) is 3. The third-order valence-corrected chi connectivity index (χ3v) is 2.88. The summed E-state index contributed by atoms with van der Waals surface area (Å²) in [5, 5.41) is 11.4. The van der Waals surface area contributed by atoms with Gasteiger partial charge in [-0.15, -0.1) is 0 Å². The molecule has 0 saturated carbocycles. The number of aliphatic carboxylic acids is 1. The second kappa shape index (κ2) is 4.80. The molecule has 1 aliphatic rings. The highest BCUT2D eigenvalue weighted by Crippen LogP contribution is 2.19. The standard InChI is InChI=1S/C11H19N3O6/c1-7(18-10(17)11(2,3)4)19-14-13(20-14)12-6-5-8(12)9(15)16/h7-8H,5-6H2,1-4H3,(H,15,16)/t7?,8-,13?,14?/m0/s1. The average molecular weight is 289 g/mol. The number of hydrogen-bond acceptors (Lipinski definition) is 6. The molecule has 114 valence electrons. The number of aromatic nitrogens is 2. The van der Waals surface area contributed by atoms with Crippen molar-refractivity contribution in [1.29, 1.82) is 0 Å². The highest BCUT2D eigenvalue weighted by atomic mass is 17.0. The van der Waals surface area contributed by atoms with Gasteiger partial charge in [-0.05, 0) is 27.2 Å². The topological polar surface area (TPSA) is 99.1 Å². The van der Waals surface area contributed by atoms with Gasteiger partial charge in [-0.3, -0.25) is 4.79 Å². The molecule has 1 saturated heterocycles. The van der Waals surface area contributed by atoms with Crippen LogP contribution in [0.5, 0.6) is 0 Å². The third-order valence-electron chi connectivity index (χ3n) is 2.88. The van der Waals surface area contributed by atoms with E-state index < -0.39 is 29.7 Å². The Labute approximate surface area is 115 Å². The minimum atomic E-state index is -0.918. The zero-order valence-electron chi connectivity index (χ0n) is 11.9. The van der Waals surface area contributed by atoms with Crippen molar-refractivity contribution in [1.82, 2.24) is 9.98 Å². The van der Waals surface area contributed by atoms with E-state index in [2.05, 4.69) is 0 Å². The van der Waals surface area contributed by atoms with Crippen LogP contribution in [-0.4, -0.2) is 45.9 Å². The second-order valence-corrected chi connectivity index (χ2v) is 5.71. The summed E-state index contributed by atoms with van der Waals surface area (Å²) in [5.74, 6) is -1.32. The number of rotatable bonds is 5. The third kappa shape index (κ3) is 2.91. The first-order valence-electron chi connectivity index (χ1n) is 6.35. The first-order valence-corrected chi connectivity index (χ1v) is 6.35. The van der Waals surface area contributed by atoms with Crippen LogP contribution >= 0.6 is 0 Å². The van der Waals surface area contributed by atoms with Gasteiger partial charge in [0.15, 0.2) is 0 Å². The molecular weight excluding hydrogens is 270 g/mol. The minimum absolute atomic E-state index is 0.397. The Kier molecular flexibility index (Phi) is 3.45. The summed E-state index contributed by atoms with van der Waals surface area (Å²) >= 11 is 0. The molecule has 0 aliphatic carbocycles. The number of esters is 1. The van der Waals surface area contributed by atoms with Crippen LogP contribution in [0.4, 0.5) is 0 Å². The van der Waals surface area contributed by atoms with Gasteiger partial charge >= 0.3 is 11.9 Å². The van der Waals surface area contributed by atoms with Crippen molar-refractivity contribution in [3.63, 3.8) is 0 Å². The Bertz CT molecular complexity index is 493. The molecule has 1 aromatic heterocycles. The Morgan fingerprint density at radius 3 is 2.50 bits per heavy atom. The lowest BCUT2D eigenvalue weighted by molar-refractivity contribution is -0.189. The van der Waals surface area contributed by atoms with Gasteiger partial charge in [0.1, 0.15) is 11.1 Å². The fourth-order valence-corrected chi connectivity index (χ4v) is 1.55. The smallest absolute Gasteiger partial charge is 0.328 e. The molecule has 0 aromatic carbocycles. The zero-order chi connectivity index (χ0) is 15.1. The fourth-order valence-electron chi connectivity index (χ4n) is 1.55. The highest BCUT2D eigenvalue weighted by molar-refractivity contribution is 5.77. The van der Waals surface area contributed by atoms with Crippen LogP contribution in [0, 0.1) is 5.41 Å². The Balaban J connectivity index is 1.82. The van der Waals surface area contributed by atoms with E-state index in [1.807, 2.05) is 0 Å². The van der Waals surface area contributed by atoms with Gasteiger partial charge in [0, 0.05) is 13.5 Å². The van der Waals surface area contributed by atoms with E-state index in [0.717, 1.165) is 5.02 Å². The quantitative estimate of drug-likeness (QED) is 0.603. The molecule has 0 amide bonds. The number of carbonyl (C=O) groups is 2. The van der Waals surface area contributed by atoms with E-state index in [0.29, 0.717) is 13.0 Å². The average Bonchev–Trinajstić information content (AvgIpc) is 2.92. The molecule has 1 aliphatic heterocycles. The van der Waals surface area contributed by atoms with Crippen molar-refractivity contribution < 1.29 is 28.9 Å².